The Morgan fingerprint density at radius 3 is 2.38 bits per heavy atom. The average molecular weight is 507 g/mol. The standard InChI is InChI=1S/C29H34N2O6/c1-18-12-19(2)15-30(14-18)26(10-11-32)31-16-23(21-6-9-24-25(13-21)37-17-36-24)27(29(33)34)28(31)20-4-7-22(35-3)8-5-20/h4-10,13,18-19,23,26-28H,12,14-17H2,1-3H3,(H,33,34). The average Bonchev–Trinajstić information content (AvgIpc) is 3.51. The Morgan fingerprint density at radius 2 is 1.73 bits per heavy atom. The Morgan fingerprint density at radius 1 is 1.05 bits per heavy atom. The van der Waals surface area contributed by atoms with E-state index in [1.165, 1.54) is 0 Å². The number of carbonyl (C=O) groups is 1. The van der Waals surface area contributed by atoms with Crippen LogP contribution in [0.15, 0.2) is 48.5 Å². The first-order valence-corrected chi connectivity index (χ1v) is 12.9. The zero-order valence-corrected chi connectivity index (χ0v) is 21.5. The SMILES string of the molecule is COc1ccc(C2C(C(=O)O)C(c3ccc4c(c3)OCO4)CN2C(C=C=O)N2CC(C)CC(C)C2)cc1. The van der Waals surface area contributed by atoms with Gasteiger partial charge in [-0.1, -0.05) is 32.0 Å². The van der Waals surface area contributed by atoms with Crippen molar-refractivity contribution in [3.8, 4) is 17.2 Å². The van der Waals surface area contributed by atoms with Gasteiger partial charge in [0.1, 0.15) is 11.7 Å². The molecule has 0 spiro atoms. The molecule has 0 saturated carbocycles. The highest BCUT2D eigenvalue weighted by atomic mass is 16.7. The largest absolute Gasteiger partial charge is 0.497 e. The number of rotatable bonds is 7. The molecule has 2 fully saturated rings. The lowest BCUT2D eigenvalue weighted by Gasteiger charge is -2.44. The number of hydrogen-bond donors (Lipinski definition) is 1. The summed E-state index contributed by atoms with van der Waals surface area (Å²) in [4.78, 5) is 29.2. The molecule has 0 radical (unpaired) electrons. The van der Waals surface area contributed by atoms with Crippen LogP contribution < -0.4 is 14.2 Å². The fraction of sp³-hybridized carbons (Fsp3) is 0.483. The lowest BCUT2D eigenvalue weighted by atomic mass is 9.82. The van der Waals surface area contributed by atoms with Crippen LogP contribution in [-0.4, -0.2) is 66.5 Å². The lowest BCUT2D eigenvalue weighted by molar-refractivity contribution is -0.143. The number of methoxy groups -OCH3 is 1. The summed E-state index contributed by atoms with van der Waals surface area (Å²) >= 11 is 0. The summed E-state index contributed by atoms with van der Waals surface area (Å²) in [6.45, 7) is 6.76. The van der Waals surface area contributed by atoms with E-state index in [1.807, 2.05) is 48.4 Å². The van der Waals surface area contributed by atoms with E-state index in [0.29, 0.717) is 35.6 Å². The van der Waals surface area contributed by atoms with Crippen LogP contribution in [0.3, 0.4) is 0 Å². The summed E-state index contributed by atoms with van der Waals surface area (Å²) in [5, 5.41) is 10.6. The molecule has 6 unspecified atom stereocenters. The van der Waals surface area contributed by atoms with Crippen LogP contribution in [0, 0.1) is 17.8 Å². The fourth-order valence-electron chi connectivity index (χ4n) is 6.52. The molecular formula is C29H34N2O6. The van der Waals surface area contributed by atoms with Crippen molar-refractivity contribution < 1.29 is 28.9 Å². The maximum Gasteiger partial charge on any atom is 0.309 e. The van der Waals surface area contributed by atoms with E-state index < -0.39 is 17.9 Å². The van der Waals surface area contributed by atoms with Crippen molar-refractivity contribution in [2.24, 2.45) is 17.8 Å². The van der Waals surface area contributed by atoms with Gasteiger partial charge in [0.2, 0.25) is 6.79 Å². The van der Waals surface area contributed by atoms with Gasteiger partial charge in [0.05, 0.1) is 25.2 Å². The Balaban J connectivity index is 1.59. The van der Waals surface area contributed by atoms with Crippen molar-refractivity contribution in [3.63, 3.8) is 0 Å². The van der Waals surface area contributed by atoms with E-state index in [1.54, 1.807) is 13.2 Å². The summed E-state index contributed by atoms with van der Waals surface area (Å²) in [6.07, 6.45) is 2.33. The number of hydrogen-bond acceptors (Lipinski definition) is 7. The molecule has 8 heteroatoms. The molecule has 3 aliphatic rings. The second kappa shape index (κ2) is 10.6. The minimum Gasteiger partial charge on any atom is -0.497 e. The lowest BCUT2D eigenvalue weighted by Crippen LogP contribution is -2.52. The zero-order valence-electron chi connectivity index (χ0n) is 21.5. The first kappa shape index (κ1) is 25.3. The number of carboxylic acids is 1. The highest BCUT2D eigenvalue weighted by Crippen LogP contribution is 2.49. The second-order valence-electron chi connectivity index (χ2n) is 10.6. The molecule has 6 atom stereocenters. The van der Waals surface area contributed by atoms with Crippen LogP contribution in [0.1, 0.15) is 43.4 Å². The van der Waals surface area contributed by atoms with Gasteiger partial charge < -0.3 is 19.3 Å². The molecule has 5 rings (SSSR count). The third-order valence-corrected chi connectivity index (χ3v) is 7.93. The molecular weight excluding hydrogens is 472 g/mol. The van der Waals surface area contributed by atoms with Crippen LogP contribution in [0.25, 0.3) is 0 Å². The minimum atomic E-state index is -0.875. The number of carbonyl (C=O) groups excluding carboxylic acids is 1. The highest BCUT2D eigenvalue weighted by Gasteiger charge is 2.50. The van der Waals surface area contributed by atoms with Gasteiger partial charge in [-0.3, -0.25) is 14.6 Å². The molecule has 0 bridgehead atoms. The quantitative estimate of drug-likeness (QED) is 0.565. The van der Waals surface area contributed by atoms with E-state index in [9.17, 15) is 14.7 Å². The molecule has 1 N–H and O–H groups in total. The third kappa shape index (κ3) is 4.97. The van der Waals surface area contributed by atoms with Gasteiger partial charge in [-0.2, -0.15) is 0 Å². The maximum atomic E-state index is 12.9. The molecule has 0 aromatic heterocycles. The number of carboxylic acid groups (broad SMARTS) is 1. The van der Waals surface area contributed by atoms with Crippen molar-refractivity contribution in [3.05, 3.63) is 59.7 Å². The van der Waals surface area contributed by atoms with E-state index in [2.05, 4.69) is 23.6 Å². The van der Waals surface area contributed by atoms with E-state index >= 15 is 0 Å². The third-order valence-electron chi connectivity index (χ3n) is 7.93. The van der Waals surface area contributed by atoms with Gasteiger partial charge >= 0.3 is 5.97 Å². The molecule has 0 amide bonds. The predicted octanol–water partition coefficient (Wildman–Crippen LogP) is 3.96. The molecule has 3 aliphatic heterocycles. The number of piperidine rings is 1. The van der Waals surface area contributed by atoms with Crippen molar-refractivity contribution in [1.82, 2.24) is 9.80 Å². The van der Waals surface area contributed by atoms with Gasteiger partial charge in [-0.15, -0.1) is 0 Å². The van der Waals surface area contributed by atoms with E-state index in [0.717, 1.165) is 30.6 Å². The molecule has 3 heterocycles. The van der Waals surface area contributed by atoms with Crippen LogP contribution in [0.5, 0.6) is 17.2 Å². The number of fused-ring (bicyclic) bond motifs is 1. The van der Waals surface area contributed by atoms with Crippen molar-refractivity contribution in [2.45, 2.75) is 38.4 Å². The van der Waals surface area contributed by atoms with Crippen LogP contribution in [-0.2, 0) is 9.59 Å². The summed E-state index contributed by atoms with van der Waals surface area (Å²) in [6, 6.07) is 12.8. The Bertz CT molecular complexity index is 1170. The van der Waals surface area contributed by atoms with Gasteiger partial charge in [0.25, 0.3) is 0 Å². The van der Waals surface area contributed by atoms with Gasteiger partial charge in [-0.05, 0) is 53.6 Å². The Labute approximate surface area is 217 Å². The smallest absolute Gasteiger partial charge is 0.309 e. The number of likely N-dealkylation sites (tertiary alicyclic amines) is 2. The molecule has 0 aliphatic carbocycles. The zero-order chi connectivity index (χ0) is 26.1. The molecule has 37 heavy (non-hydrogen) atoms. The summed E-state index contributed by atoms with van der Waals surface area (Å²) in [5.74, 6) is 3.05. The number of nitrogens with zero attached hydrogens (tertiary/aromatic N) is 2. The van der Waals surface area contributed by atoms with E-state index in [4.69, 9.17) is 14.2 Å². The van der Waals surface area contributed by atoms with Gasteiger partial charge in [0, 0.05) is 31.6 Å². The summed E-state index contributed by atoms with van der Waals surface area (Å²) in [5.41, 5.74) is 1.76. The van der Waals surface area contributed by atoms with Crippen LogP contribution in [0.2, 0.25) is 0 Å². The molecule has 2 aromatic carbocycles. The molecule has 8 nitrogen and oxygen atoms in total. The normalized spacial score (nSPS) is 28.5. The van der Waals surface area contributed by atoms with Crippen LogP contribution in [0.4, 0.5) is 0 Å². The van der Waals surface area contributed by atoms with Crippen molar-refractivity contribution in [2.75, 3.05) is 33.5 Å². The Hall–Kier alpha value is -3.32. The highest BCUT2D eigenvalue weighted by molar-refractivity contribution is 5.74. The topological polar surface area (TPSA) is 88.5 Å². The summed E-state index contributed by atoms with van der Waals surface area (Å²) < 4.78 is 16.4. The monoisotopic (exact) mass is 506 g/mol. The molecule has 2 saturated heterocycles. The minimum absolute atomic E-state index is 0.157. The molecule has 196 valence electrons. The number of benzene rings is 2. The van der Waals surface area contributed by atoms with Gasteiger partial charge in [0.15, 0.2) is 11.5 Å². The first-order valence-electron chi connectivity index (χ1n) is 12.9. The van der Waals surface area contributed by atoms with Crippen LogP contribution >= 0.6 is 0 Å². The first-order chi connectivity index (χ1) is 17.9. The van der Waals surface area contributed by atoms with E-state index in [-0.39, 0.29) is 18.9 Å². The van der Waals surface area contributed by atoms with Crippen molar-refractivity contribution in [1.29, 1.82) is 0 Å². The van der Waals surface area contributed by atoms with Gasteiger partial charge in [-0.25, -0.2) is 4.79 Å². The number of ether oxygens (including phenoxy) is 3. The number of aliphatic carboxylic acids is 1. The van der Waals surface area contributed by atoms with Crippen molar-refractivity contribution >= 4 is 11.9 Å². The summed E-state index contributed by atoms with van der Waals surface area (Å²) in [7, 11) is 1.61. The second-order valence-corrected chi connectivity index (χ2v) is 10.6. The Kier molecular flexibility index (Phi) is 7.24. The maximum absolute atomic E-state index is 12.9. The predicted molar refractivity (Wildman–Crippen MR) is 137 cm³/mol. The fourth-order valence-corrected chi connectivity index (χ4v) is 6.52. The molecule has 2 aromatic rings.